The van der Waals surface area contributed by atoms with Gasteiger partial charge in [-0.3, -0.25) is 19.3 Å². The molecule has 0 unspecified atom stereocenters. The summed E-state index contributed by atoms with van der Waals surface area (Å²) in [6, 6.07) is 12.0. The van der Waals surface area contributed by atoms with Crippen LogP contribution in [0.1, 0.15) is 18.9 Å². The van der Waals surface area contributed by atoms with Crippen molar-refractivity contribution in [1.29, 1.82) is 0 Å². The number of methoxy groups -OCH3 is 2. The topological polar surface area (TPSA) is 104 Å². The summed E-state index contributed by atoms with van der Waals surface area (Å²) in [5.41, 5.74) is 2.12. The molecule has 35 heavy (non-hydrogen) atoms. The van der Waals surface area contributed by atoms with Gasteiger partial charge in [-0.25, -0.2) is 0 Å². The van der Waals surface area contributed by atoms with Gasteiger partial charge < -0.3 is 19.0 Å². The molecule has 2 bridgehead atoms. The Morgan fingerprint density at radius 3 is 2.29 bits per heavy atom. The fourth-order valence-corrected chi connectivity index (χ4v) is 6.44. The van der Waals surface area contributed by atoms with Crippen LogP contribution in [-0.4, -0.2) is 43.8 Å². The lowest BCUT2D eigenvalue weighted by atomic mass is 9.71. The monoisotopic (exact) mass is 476 g/mol. The Kier molecular flexibility index (Phi) is 4.84. The van der Waals surface area contributed by atoms with Crippen LogP contribution in [0.5, 0.6) is 17.2 Å². The van der Waals surface area contributed by atoms with E-state index in [0.29, 0.717) is 22.9 Å². The molecule has 9 heteroatoms. The lowest BCUT2D eigenvalue weighted by Gasteiger charge is -2.29. The van der Waals surface area contributed by atoms with Crippen LogP contribution in [0.2, 0.25) is 0 Å². The molecule has 180 valence electrons. The van der Waals surface area contributed by atoms with E-state index in [-0.39, 0.29) is 35.7 Å². The van der Waals surface area contributed by atoms with Crippen molar-refractivity contribution in [3.05, 3.63) is 48.0 Å². The number of carbonyl (C=O) groups excluding carboxylic acids is 3. The molecular weight excluding hydrogens is 452 g/mol. The van der Waals surface area contributed by atoms with E-state index in [2.05, 4.69) is 5.16 Å². The second-order valence-electron chi connectivity index (χ2n) is 9.36. The minimum absolute atomic E-state index is 0.0360. The predicted molar refractivity (Wildman–Crippen MR) is 123 cm³/mol. The minimum Gasteiger partial charge on any atom is -0.493 e. The second kappa shape index (κ2) is 7.83. The maximum Gasteiger partial charge on any atom is 0.308 e. The van der Waals surface area contributed by atoms with E-state index in [1.807, 2.05) is 18.2 Å². The number of benzene rings is 2. The Balaban J connectivity index is 1.28. The minimum atomic E-state index is -0.435. The molecule has 0 spiro atoms. The summed E-state index contributed by atoms with van der Waals surface area (Å²) in [5.74, 6) is -0.253. The van der Waals surface area contributed by atoms with Gasteiger partial charge in [-0.2, -0.15) is 0 Å². The van der Waals surface area contributed by atoms with Crippen molar-refractivity contribution in [2.75, 3.05) is 19.1 Å². The molecule has 2 aliphatic carbocycles. The average Bonchev–Trinajstić information content (AvgIpc) is 3.59. The van der Waals surface area contributed by atoms with E-state index in [9.17, 15) is 14.4 Å². The standard InChI is InChI=1S/C26H24N2O7/c1-12(29)34-15-7-5-14(6-8-15)28-25(30)20-16-11-17(21(20)26(28)31)24-22(16)23(27-35-24)13-4-9-18(32-2)19(10-13)33-3/h4-10,16-17,20-22,24H,11H2,1-3H3/t16-,17+,20-,21+,22-,24-/m1/s1. The number of anilines is 1. The Bertz CT molecular complexity index is 1270. The number of oxime groups is 1. The van der Waals surface area contributed by atoms with Crippen LogP contribution in [0.3, 0.4) is 0 Å². The first-order valence-electron chi connectivity index (χ1n) is 11.5. The molecule has 3 fully saturated rings. The van der Waals surface area contributed by atoms with Crippen LogP contribution in [0, 0.1) is 29.6 Å². The third-order valence-electron chi connectivity index (χ3n) is 7.73. The highest BCUT2D eigenvalue weighted by Gasteiger charge is 2.70. The van der Waals surface area contributed by atoms with Gasteiger partial charge in [0.25, 0.3) is 0 Å². The largest absolute Gasteiger partial charge is 0.493 e. The van der Waals surface area contributed by atoms with E-state index in [0.717, 1.165) is 17.7 Å². The van der Waals surface area contributed by atoms with Gasteiger partial charge in [-0.15, -0.1) is 0 Å². The van der Waals surface area contributed by atoms with Crippen molar-refractivity contribution in [2.24, 2.45) is 34.7 Å². The highest BCUT2D eigenvalue weighted by molar-refractivity contribution is 6.23. The Hall–Kier alpha value is -3.88. The molecule has 6 atom stereocenters. The van der Waals surface area contributed by atoms with E-state index in [1.54, 1.807) is 38.5 Å². The second-order valence-corrected chi connectivity index (χ2v) is 9.36. The van der Waals surface area contributed by atoms with Crippen molar-refractivity contribution >= 4 is 29.2 Å². The number of rotatable bonds is 5. The molecule has 1 saturated heterocycles. The molecular formula is C26H24N2O7. The molecule has 0 N–H and O–H groups in total. The number of hydrogen-bond acceptors (Lipinski definition) is 8. The molecule has 2 aromatic rings. The van der Waals surface area contributed by atoms with E-state index >= 15 is 0 Å². The Morgan fingerprint density at radius 2 is 1.63 bits per heavy atom. The first-order valence-corrected chi connectivity index (χ1v) is 11.5. The zero-order valence-electron chi connectivity index (χ0n) is 19.5. The number of ether oxygens (including phenoxy) is 3. The van der Waals surface area contributed by atoms with Crippen molar-refractivity contribution in [2.45, 2.75) is 19.4 Å². The van der Waals surface area contributed by atoms with E-state index in [4.69, 9.17) is 19.0 Å². The first kappa shape index (κ1) is 21.6. The molecule has 4 aliphatic rings. The van der Waals surface area contributed by atoms with Crippen LogP contribution in [-0.2, 0) is 19.2 Å². The number of fused-ring (bicyclic) bond motifs is 8. The van der Waals surface area contributed by atoms with Gasteiger partial charge in [0.2, 0.25) is 11.8 Å². The number of carbonyl (C=O) groups is 3. The molecule has 2 heterocycles. The summed E-state index contributed by atoms with van der Waals surface area (Å²) < 4.78 is 15.9. The summed E-state index contributed by atoms with van der Waals surface area (Å²) in [5, 5.41) is 4.39. The zero-order valence-corrected chi connectivity index (χ0v) is 19.5. The van der Waals surface area contributed by atoms with E-state index < -0.39 is 17.8 Å². The fourth-order valence-electron chi connectivity index (χ4n) is 6.44. The number of esters is 1. The van der Waals surface area contributed by atoms with Gasteiger partial charge in [-0.1, -0.05) is 5.16 Å². The summed E-state index contributed by atoms with van der Waals surface area (Å²) >= 11 is 0. The van der Waals surface area contributed by atoms with Crippen LogP contribution in [0.25, 0.3) is 0 Å². The van der Waals surface area contributed by atoms with Crippen molar-refractivity contribution in [3.8, 4) is 17.2 Å². The van der Waals surface area contributed by atoms with Gasteiger partial charge in [0, 0.05) is 24.3 Å². The summed E-state index contributed by atoms with van der Waals surface area (Å²) in [4.78, 5) is 45.4. The summed E-state index contributed by atoms with van der Waals surface area (Å²) in [6.07, 6.45) is 0.528. The lowest BCUT2D eigenvalue weighted by Crippen LogP contribution is -2.41. The smallest absolute Gasteiger partial charge is 0.308 e. The Labute approximate surface area is 201 Å². The van der Waals surface area contributed by atoms with Crippen LogP contribution in [0.15, 0.2) is 47.6 Å². The summed E-state index contributed by atoms with van der Waals surface area (Å²) in [6.45, 7) is 1.32. The predicted octanol–water partition coefficient (Wildman–Crippen LogP) is 2.80. The average molecular weight is 476 g/mol. The fraction of sp³-hybridized carbons (Fsp3) is 0.385. The number of nitrogens with zero attached hydrogens (tertiary/aromatic N) is 2. The van der Waals surface area contributed by atoms with Crippen molar-refractivity contribution in [1.82, 2.24) is 0 Å². The molecule has 0 aromatic heterocycles. The van der Waals surface area contributed by atoms with Crippen molar-refractivity contribution < 1.29 is 33.4 Å². The lowest BCUT2D eigenvalue weighted by molar-refractivity contribution is -0.132. The normalized spacial score (nSPS) is 30.0. The van der Waals surface area contributed by atoms with Crippen LogP contribution >= 0.6 is 0 Å². The first-order chi connectivity index (χ1) is 16.9. The molecule has 2 aromatic carbocycles. The zero-order chi connectivity index (χ0) is 24.4. The maximum absolute atomic E-state index is 13.6. The molecule has 0 radical (unpaired) electrons. The maximum atomic E-state index is 13.6. The van der Waals surface area contributed by atoms with Gasteiger partial charge in [0.1, 0.15) is 11.9 Å². The van der Waals surface area contributed by atoms with Gasteiger partial charge in [0.15, 0.2) is 11.5 Å². The third kappa shape index (κ3) is 3.07. The number of hydrogen-bond donors (Lipinski definition) is 0. The quantitative estimate of drug-likeness (QED) is 0.371. The highest BCUT2D eigenvalue weighted by Crippen LogP contribution is 2.62. The number of amides is 2. The van der Waals surface area contributed by atoms with Crippen LogP contribution < -0.4 is 19.1 Å². The highest BCUT2D eigenvalue weighted by atomic mass is 16.6. The van der Waals surface area contributed by atoms with Gasteiger partial charge in [0.05, 0.1) is 37.5 Å². The number of imide groups is 1. The van der Waals surface area contributed by atoms with Gasteiger partial charge >= 0.3 is 5.97 Å². The van der Waals surface area contributed by atoms with Crippen LogP contribution in [0.4, 0.5) is 5.69 Å². The molecule has 2 aliphatic heterocycles. The molecule has 6 rings (SSSR count). The Morgan fingerprint density at radius 1 is 0.943 bits per heavy atom. The van der Waals surface area contributed by atoms with E-state index in [1.165, 1.54) is 11.8 Å². The SMILES string of the molecule is COc1ccc(C2=NO[C@@H]3[C@H]4C[C@H]([C@H]5C(=O)N(c6ccc(OC(C)=O)cc6)C(=O)[C@@H]45)[C@H]23)cc1OC. The molecule has 9 nitrogen and oxygen atoms in total. The third-order valence-corrected chi connectivity index (χ3v) is 7.73. The summed E-state index contributed by atoms with van der Waals surface area (Å²) in [7, 11) is 3.16. The van der Waals surface area contributed by atoms with Gasteiger partial charge in [-0.05, 0) is 54.8 Å². The molecule has 2 saturated carbocycles. The van der Waals surface area contributed by atoms with Crippen molar-refractivity contribution in [3.63, 3.8) is 0 Å². The molecule has 2 amide bonds.